The lowest BCUT2D eigenvalue weighted by atomic mass is 9.89. The number of hydrogen-bond donors (Lipinski definition) is 6. The molecule has 2 aromatic rings. The van der Waals surface area contributed by atoms with Crippen molar-refractivity contribution in [1.29, 1.82) is 0 Å². The third kappa shape index (κ3) is 13.1. The molecule has 1 saturated heterocycles. The van der Waals surface area contributed by atoms with E-state index in [1.165, 1.54) is 40.5 Å². The van der Waals surface area contributed by atoms with Gasteiger partial charge in [0.2, 0.25) is 11.8 Å². The monoisotopic (exact) mass is 765 g/mol. The van der Waals surface area contributed by atoms with Gasteiger partial charge in [0.05, 0.1) is 24.8 Å². The van der Waals surface area contributed by atoms with Crippen LogP contribution < -0.4 is 27.9 Å². The minimum atomic E-state index is -1.51. The average molecular weight is 766 g/mol. The largest absolute Gasteiger partial charge is 0.460 e. The lowest BCUT2D eigenvalue weighted by molar-refractivity contribution is -0.159. The summed E-state index contributed by atoms with van der Waals surface area (Å²) in [7, 11) is 0. The molecule has 3 amide bonds. The van der Waals surface area contributed by atoms with Gasteiger partial charge in [-0.3, -0.25) is 14.4 Å². The molecule has 4 heterocycles. The maximum absolute atomic E-state index is 14.8. The zero-order valence-electron chi connectivity index (χ0n) is 31.4. The number of pyridine rings is 1. The van der Waals surface area contributed by atoms with Crippen LogP contribution in [0, 0.1) is 11.8 Å². The number of carbonyl (C=O) groups is 4. The Bertz CT molecular complexity index is 1780. The zero-order valence-corrected chi connectivity index (χ0v) is 31.4. The Labute approximate surface area is 319 Å². The Balaban J connectivity index is 1.52. The number of cyclic esters (lactones) is 1. The number of carbonyl (C=O) groups excluding carboxylic acids is 4. The highest BCUT2D eigenvalue weighted by molar-refractivity contribution is 5.95. The highest BCUT2D eigenvalue weighted by Crippen LogP contribution is 2.27. The lowest BCUT2D eigenvalue weighted by Crippen LogP contribution is -2.45. The summed E-state index contributed by atoms with van der Waals surface area (Å²) < 4.78 is 26.3. The number of aromatic nitrogens is 2. The third-order valence-corrected chi connectivity index (χ3v) is 9.04. The molecule has 5 atom stereocenters. The number of nitrogen functional groups attached to an aromatic ring is 1. The number of nitrogens with one attached hydrogen (secondary N) is 2. The second kappa shape index (κ2) is 20.2. The quantitative estimate of drug-likeness (QED) is 0.128. The van der Waals surface area contributed by atoms with Crippen molar-refractivity contribution in [3.05, 3.63) is 83.9 Å². The summed E-state index contributed by atoms with van der Waals surface area (Å²) >= 11 is 0. The SMILES string of the molecule is CC1=C[C@@H](O)C[C@@H](F)Cc2nc(co2)C(=O)N2CCC[C@@H]2C(=O)O[C@H](C(C)C)[C@H](CC(=O)NCCN(N)/C=C(\N)c2ccnc(N)c2)/C=C/C(=O)NCC=C1. The molecule has 0 saturated carbocycles. The number of nitrogens with two attached hydrogens (primary N) is 3. The van der Waals surface area contributed by atoms with Crippen molar-refractivity contribution in [1.82, 2.24) is 30.5 Å². The molecule has 9 N–H and O–H groups in total. The molecule has 0 aliphatic carbocycles. The number of hydrogen-bond acceptors (Lipinski definition) is 13. The van der Waals surface area contributed by atoms with Gasteiger partial charge in [0.1, 0.15) is 30.4 Å². The van der Waals surface area contributed by atoms with E-state index < -0.39 is 48.1 Å². The van der Waals surface area contributed by atoms with E-state index in [0.29, 0.717) is 35.5 Å². The van der Waals surface area contributed by atoms with E-state index in [2.05, 4.69) is 20.6 Å². The van der Waals surface area contributed by atoms with Crippen molar-refractivity contribution in [3.63, 3.8) is 0 Å². The second-order valence-electron chi connectivity index (χ2n) is 14.0. The van der Waals surface area contributed by atoms with Crippen LogP contribution in [0.3, 0.4) is 0 Å². The van der Waals surface area contributed by atoms with Crippen LogP contribution >= 0.6 is 0 Å². The number of amides is 3. The number of halogens is 1. The second-order valence-corrected chi connectivity index (χ2v) is 14.0. The van der Waals surface area contributed by atoms with Crippen LogP contribution in [0.15, 0.2) is 71.2 Å². The van der Waals surface area contributed by atoms with E-state index in [4.69, 9.17) is 26.5 Å². The van der Waals surface area contributed by atoms with Crippen LogP contribution in [0.4, 0.5) is 10.2 Å². The van der Waals surface area contributed by atoms with Gasteiger partial charge in [-0.05, 0) is 43.9 Å². The lowest BCUT2D eigenvalue weighted by Gasteiger charge is -2.31. The molecular weight excluding hydrogens is 713 g/mol. The van der Waals surface area contributed by atoms with Crippen molar-refractivity contribution in [3.8, 4) is 0 Å². The first-order chi connectivity index (χ1) is 26.2. The molecule has 2 aliphatic rings. The molecule has 0 aromatic carbocycles. The average Bonchev–Trinajstić information content (AvgIpc) is 3.80. The molecule has 0 radical (unpaired) electrons. The van der Waals surface area contributed by atoms with E-state index in [1.54, 1.807) is 31.2 Å². The molecule has 2 bridgehead atoms. The van der Waals surface area contributed by atoms with E-state index >= 15 is 0 Å². The number of rotatable bonds is 8. The Morgan fingerprint density at radius 1 is 1.27 bits per heavy atom. The topological polar surface area (TPSA) is 245 Å². The molecule has 55 heavy (non-hydrogen) atoms. The number of esters is 1. The molecule has 4 rings (SSSR count). The predicted octanol–water partition coefficient (Wildman–Crippen LogP) is 1.90. The van der Waals surface area contributed by atoms with E-state index in [1.807, 2.05) is 13.8 Å². The first kappa shape index (κ1) is 42.2. The zero-order chi connectivity index (χ0) is 40.1. The maximum Gasteiger partial charge on any atom is 0.329 e. The number of allylic oxidation sites excluding steroid dienone is 2. The minimum Gasteiger partial charge on any atom is -0.460 e. The van der Waals surface area contributed by atoms with Crippen LogP contribution in [0.2, 0.25) is 0 Å². The van der Waals surface area contributed by atoms with Crippen molar-refractivity contribution >= 4 is 35.2 Å². The van der Waals surface area contributed by atoms with Gasteiger partial charge < -0.3 is 46.3 Å². The number of hydrazine groups is 1. The number of aliphatic hydroxyl groups excluding tert-OH is 1. The minimum absolute atomic E-state index is 0.0146. The highest BCUT2D eigenvalue weighted by atomic mass is 19.1. The Morgan fingerprint density at radius 3 is 2.80 bits per heavy atom. The van der Waals surface area contributed by atoms with Crippen LogP contribution in [-0.2, 0) is 25.5 Å². The van der Waals surface area contributed by atoms with Crippen LogP contribution in [0.25, 0.3) is 5.70 Å². The Morgan fingerprint density at radius 2 is 2.05 bits per heavy atom. The molecule has 1 fully saturated rings. The number of aliphatic hydroxyl groups is 1. The van der Waals surface area contributed by atoms with Crippen molar-refractivity contribution < 1.29 is 37.8 Å². The van der Waals surface area contributed by atoms with E-state index in [9.17, 15) is 28.7 Å². The van der Waals surface area contributed by atoms with Crippen molar-refractivity contribution in [2.75, 3.05) is 31.9 Å². The Hall–Kier alpha value is -5.55. The fourth-order valence-corrected chi connectivity index (χ4v) is 6.32. The first-order valence-electron chi connectivity index (χ1n) is 18.3. The number of anilines is 1. The standard InChI is InChI=1S/C38H52FN9O7/c1-23(2)36-26(18-34(51)45-13-15-47(42)21-29(40)25-10-12-43-32(41)17-25)8-9-33(50)44-11-4-6-24(3)16-28(49)19-27(39)20-35-46-30(22-54-35)37(52)48-14-5-7-31(48)38(53)55-36/h4,6,8-10,12,16-17,21-23,26-28,31,36,49H,5,7,11,13-15,18-20,40,42H2,1-3H3,(H2,41,43)(H,44,50)(H,45,51)/b6-4?,9-8+,24-16?,29-21-/t26-,27+,28+,31+,36+/m0/s1. The third-order valence-electron chi connectivity index (χ3n) is 9.04. The van der Waals surface area contributed by atoms with E-state index in [-0.39, 0.29) is 68.9 Å². The normalized spacial score (nSPS) is 24.1. The highest BCUT2D eigenvalue weighted by Gasteiger charge is 2.39. The molecule has 0 unspecified atom stereocenters. The number of alkyl halides is 1. The van der Waals surface area contributed by atoms with Crippen molar-refractivity contribution in [2.24, 2.45) is 23.4 Å². The molecule has 2 aromatic heterocycles. The molecule has 16 nitrogen and oxygen atoms in total. The maximum atomic E-state index is 14.8. The van der Waals surface area contributed by atoms with Gasteiger partial charge in [-0.1, -0.05) is 43.7 Å². The molecule has 17 heteroatoms. The van der Waals surface area contributed by atoms with Crippen LogP contribution in [0.5, 0.6) is 0 Å². The fourth-order valence-electron chi connectivity index (χ4n) is 6.32. The summed E-state index contributed by atoms with van der Waals surface area (Å²) in [6, 6.07) is 2.35. The molecule has 2 aliphatic heterocycles. The van der Waals surface area contributed by atoms with E-state index in [0.717, 1.165) is 6.26 Å². The van der Waals surface area contributed by atoms with Gasteiger partial charge in [-0.15, -0.1) is 0 Å². The summed E-state index contributed by atoms with van der Waals surface area (Å²) in [5.41, 5.74) is 13.4. The summed E-state index contributed by atoms with van der Waals surface area (Å²) in [6.07, 6.45) is 8.57. The molecule has 298 valence electrons. The van der Waals surface area contributed by atoms with Crippen LogP contribution in [0.1, 0.15) is 68.4 Å². The number of ether oxygens (including phenoxy) is 1. The van der Waals surface area contributed by atoms with Gasteiger partial charge in [-0.25, -0.2) is 25.0 Å². The Kier molecular flexibility index (Phi) is 15.5. The fraction of sp³-hybridized carbons (Fsp3) is 0.474. The van der Waals surface area contributed by atoms with Gasteiger partial charge in [-0.2, -0.15) is 0 Å². The van der Waals surface area contributed by atoms with Gasteiger partial charge >= 0.3 is 5.97 Å². The number of nitrogens with zero attached hydrogens (tertiary/aromatic N) is 4. The summed E-state index contributed by atoms with van der Waals surface area (Å²) in [5, 5.41) is 17.3. The molecular formula is C38H52FN9O7. The van der Waals surface area contributed by atoms with Crippen LogP contribution in [-0.4, -0.2) is 99.3 Å². The predicted molar refractivity (Wildman–Crippen MR) is 202 cm³/mol. The number of oxazole rings is 1. The van der Waals surface area contributed by atoms with Crippen molar-refractivity contribution in [2.45, 2.75) is 77.3 Å². The molecule has 0 spiro atoms. The van der Waals surface area contributed by atoms with Gasteiger partial charge in [0.25, 0.3) is 5.91 Å². The first-order valence-corrected chi connectivity index (χ1v) is 18.3. The number of fused-ring (bicyclic) bond motifs is 3. The smallest absolute Gasteiger partial charge is 0.329 e. The summed E-state index contributed by atoms with van der Waals surface area (Å²) in [6.45, 7) is 6.13. The summed E-state index contributed by atoms with van der Waals surface area (Å²) in [5.74, 6) is 3.26. The van der Waals surface area contributed by atoms with Gasteiger partial charge in [0.15, 0.2) is 11.6 Å². The summed E-state index contributed by atoms with van der Waals surface area (Å²) in [4.78, 5) is 62.9. The van der Waals surface area contributed by atoms with Gasteiger partial charge in [0, 0.05) is 56.4 Å².